The number of nitrogens with two attached hydrogens (primary N) is 2. The number of quaternary nitrogens is 1. The molecule has 5 nitrogen and oxygen atoms in total. The summed E-state index contributed by atoms with van der Waals surface area (Å²) < 4.78 is 0. The lowest BCUT2D eigenvalue weighted by Gasteiger charge is -2.08. The van der Waals surface area contributed by atoms with Crippen LogP contribution in [-0.2, 0) is 0 Å². The van der Waals surface area contributed by atoms with Crippen LogP contribution in [0.15, 0.2) is 36.4 Å². The minimum atomic E-state index is 0.253. The fourth-order valence-electron chi connectivity index (χ4n) is 2.33. The third kappa shape index (κ3) is 2.08. The summed E-state index contributed by atoms with van der Waals surface area (Å²) in [5.74, 6) is 1.08. The van der Waals surface area contributed by atoms with Crippen molar-refractivity contribution < 1.29 is 5.32 Å². The molecule has 2 heterocycles. The van der Waals surface area contributed by atoms with Crippen molar-refractivity contribution >= 4 is 22.8 Å². The van der Waals surface area contributed by atoms with Crippen LogP contribution in [0.5, 0.6) is 0 Å². The number of hydrogen-bond donors (Lipinski definition) is 2. The molecule has 100 valence electrons. The zero-order valence-corrected chi connectivity index (χ0v) is 11.5. The average Bonchev–Trinajstić information content (AvgIpc) is 2.46. The standard InChI is InChI=1S/C15H15N5/c1-9-8-11(10-6-4-3-5-7-10)18-14-12(9)13(17-2)19-15(16)20-14/h3-8H,1-2H3,(H3,16,17,18,19,20)/p+1. The maximum atomic E-state index is 5.76. The lowest BCUT2D eigenvalue weighted by atomic mass is 10.1. The average molecular weight is 266 g/mol. The molecule has 0 fully saturated rings. The molecule has 0 bridgehead atoms. The summed E-state index contributed by atoms with van der Waals surface area (Å²) in [6.45, 7) is 2.04. The zero-order valence-electron chi connectivity index (χ0n) is 11.5. The molecule has 4 N–H and O–H groups in total. The number of aryl methyl sites for hydroxylation is 1. The van der Waals surface area contributed by atoms with E-state index in [1.807, 2.05) is 49.6 Å². The molecule has 0 aliphatic rings. The molecular formula is C15H16N5+. The predicted molar refractivity (Wildman–Crippen MR) is 79.4 cm³/mol. The Labute approximate surface area is 116 Å². The summed E-state index contributed by atoms with van der Waals surface area (Å²) in [5.41, 5.74) is 9.46. The van der Waals surface area contributed by atoms with E-state index in [1.165, 1.54) is 0 Å². The Kier molecular flexibility index (Phi) is 3.04. The quantitative estimate of drug-likeness (QED) is 0.734. The highest BCUT2D eigenvalue weighted by atomic mass is 15.1. The van der Waals surface area contributed by atoms with Crippen LogP contribution < -0.4 is 11.1 Å². The first-order chi connectivity index (χ1) is 9.69. The number of hydrogen-bond acceptors (Lipinski definition) is 4. The second kappa shape index (κ2) is 4.86. The highest BCUT2D eigenvalue weighted by Gasteiger charge is 2.14. The van der Waals surface area contributed by atoms with Gasteiger partial charge in [-0.2, -0.15) is 9.97 Å². The van der Waals surface area contributed by atoms with Crippen molar-refractivity contribution in [2.24, 2.45) is 0 Å². The molecule has 3 rings (SSSR count). The monoisotopic (exact) mass is 266 g/mol. The number of pyridine rings is 1. The van der Waals surface area contributed by atoms with E-state index in [4.69, 9.17) is 5.73 Å². The summed E-state index contributed by atoms with van der Waals surface area (Å²) >= 11 is 0. The van der Waals surface area contributed by atoms with E-state index in [-0.39, 0.29) is 5.95 Å². The molecule has 5 heteroatoms. The van der Waals surface area contributed by atoms with Gasteiger partial charge in [0.05, 0.1) is 12.7 Å². The minimum Gasteiger partial charge on any atom is -0.368 e. The van der Waals surface area contributed by atoms with Crippen molar-refractivity contribution in [3.8, 4) is 11.3 Å². The van der Waals surface area contributed by atoms with Gasteiger partial charge in [-0.3, -0.25) is 5.32 Å². The fraction of sp³-hybridized carbons (Fsp3) is 0.133. The van der Waals surface area contributed by atoms with Crippen molar-refractivity contribution in [1.29, 1.82) is 0 Å². The van der Waals surface area contributed by atoms with Gasteiger partial charge in [-0.25, -0.2) is 4.98 Å². The first kappa shape index (κ1) is 12.5. The molecule has 0 radical (unpaired) electrons. The Hall–Kier alpha value is -2.53. The molecule has 0 spiro atoms. The second-order valence-corrected chi connectivity index (χ2v) is 4.64. The van der Waals surface area contributed by atoms with Gasteiger partial charge in [0.25, 0.3) is 0 Å². The predicted octanol–water partition coefficient (Wildman–Crippen LogP) is 1.41. The maximum Gasteiger partial charge on any atom is 0.238 e. The van der Waals surface area contributed by atoms with Crippen molar-refractivity contribution in [2.75, 3.05) is 12.8 Å². The van der Waals surface area contributed by atoms with Gasteiger partial charge in [0.1, 0.15) is 5.39 Å². The molecule has 0 saturated heterocycles. The first-order valence-electron chi connectivity index (χ1n) is 6.48. The fourth-order valence-corrected chi connectivity index (χ4v) is 2.33. The number of nitrogen functional groups attached to an aromatic ring is 1. The number of benzene rings is 1. The van der Waals surface area contributed by atoms with E-state index in [0.29, 0.717) is 5.65 Å². The Morgan fingerprint density at radius 2 is 1.80 bits per heavy atom. The normalized spacial score (nSPS) is 10.9. The number of anilines is 1. The summed E-state index contributed by atoms with van der Waals surface area (Å²) in [6, 6.07) is 12.1. The molecule has 0 saturated carbocycles. The lowest BCUT2D eigenvalue weighted by Crippen LogP contribution is -2.73. The van der Waals surface area contributed by atoms with Gasteiger partial charge >= 0.3 is 0 Å². The Balaban J connectivity index is 2.30. The third-order valence-corrected chi connectivity index (χ3v) is 3.25. The molecule has 0 aliphatic heterocycles. The highest BCUT2D eigenvalue weighted by molar-refractivity contribution is 5.89. The number of aromatic nitrogens is 3. The first-order valence-corrected chi connectivity index (χ1v) is 6.48. The molecule has 0 unspecified atom stereocenters. The second-order valence-electron chi connectivity index (χ2n) is 4.64. The van der Waals surface area contributed by atoms with Gasteiger partial charge < -0.3 is 5.73 Å². The zero-order chi connectivity index (χ0) is 14.1. The Morgan fingerprint density at radius 3 is 2.50 bits per heavy atom. The van der Waals surface area contributed by atoms with Crippen LogP contribution >= 0.6 is 0 Å². The Morgan fingerprint density at radius 1 is 1.05 bits per heavy atom. The lowest BCUT2D eigenvalue weighted by molar-refractivity contribution is -0.541. The van der Waals surface area contributed by atoms with Gasteiger partial charge in [-0.05, 0) is 18.6 Å². The van der Waals surface area contributed by atoms with Gasteiger partial charge in [0, 0.05) is 5.56 Å². The number of rotatable bonds is 2. The van der Waals surface area contributed by atoms with Crippen molar-refractivity contribution in [2.45, 2.75) is 6.92 Å². The molecule has 0 amide bonds. The van der Waals surface area contributed by atoms with E-state index in [2.05, 4.69) is 21.0 Å². The SMILES string of the molecule is C[NH2+]c1nc(N)nc2nc(-c3ccccc3)cc(C)c12. The third-order valence-electron chi connectivity index (χ3n) is 3.25. The van der Waals surface area contributed by atoms with E-state index in [1.54, 1.807) is 0 Å². The highest BCUT2D eigenvalue weighted by Crippen LogP contribution is 2.26. The molecule has 3 aromatic rings. The van der Waals surface area contributed by atoms with E-state index >= 15 is 0 Å². The molecule has 0 aliphatic carbocycles. The maximum absolute atomic E-state index is 5.76. The van der Waals surface area contributed by atoms with Crippen LogP contribution in [0.2, 0.25) is 0 Å². The topological polar surface area (TPSA) is 81.3 Å². The minimum absolute atomic E-state index is 0.253. The van der Waals surface area contributed by atoms with Crippen molar-refractivity contribution in [1.82, 2.24) is 15.0 Å². The van der Waals surface area contributed by atoms with Crippen LogP contribution in [0.4, 0.5) is 11.8 Å². The molecule has 0 atom stereocenters. The summed E-state index contributed by atoms with van der Waals surface area (Å²) in [4.78, 5) is 13.1. The molecule has 2 aromatic heterocycles. The number of nitrogens with zero attached hydrogens (tertiary/aromatic N) is 3. The molecular weight excluding hydrogens is 250 g/mol. The largest absolute Gasteiger partial charge is 0.368 e. The molecule has 1 aromatic carbocycles. The van der Waals surface area contributed by atoms with Gasteiger partial charge in [0.2, 0.25) is 11.8 Å². The molecule has 20 heavy (non-hydrogen) atoms. The van der Waals surface area contributed by atoms with E-state index < -0.39 is 0 Å². The summed E-state index contributed by atoms with van der Waals surface area (Å²) in [7, 11) is 1.94. The van der Waals surface area contributed by atoms with Crippen molar-refractivity contribution in [3.63, 3.8) is 0 Å². The van der Waals surface area contributed by atoms with Crippen molar-refractivity contribution in [3.05, 3.63) is 42.0 Å². The van der Waals surface area contributed by atoms with Gasteiger partial charge in [-0.1, -0.05) is 30.3 Å². The van der Waals surface area contributed by atoms with Gasteiger partial charge in [0.15, 0.2) is 5.65 Å². The van der Waals surface area contributed by atoms with Crippen LogP contribution in [0, 0.1) is 6.92 Å². The van der Waals surface area contributed by atoms with Gasteiger partial charge in [-0.15, -0.1) is 0 Å². The summed E-state index contributed by atoms with van der Waals surface area (Å²) in [6.07, 6.45) is 0. The van der Waals surface area contributed by atoms with Crippen LogP contribution in [-0.4, -0.2) is 22.0 Å². The van der Waals surface area contributed by atoms with E-state index in [9.17, 15) is 0 Å². The smallest absolute Gasteiger partial charge is 0.238 e. The van der Waals surface area contributed by atoms with Crippen LogP contribution in [0.3, 0.4) is 0 Å². The van der Waals surface area contributed by atoms with Crippen LogP contribution in [0.1, 0.15) is 5.56 Å². The Bertz CT molecular complexity index is 768. The number of fused-ring (bicyclic) bond motifs is 1. The van der Waals surface area contributed by atoms with E-state index in [0.717, 1.165) is 28.0 Å². The summed E-state index contributed by atoms with van der Waals surface area (Å²) in [5, 5.41) is 2.89. The van der Waals surface area contributed by atoms with Crippen LogP contribution in [0.25, 0.3) is 22.3 Å².